The van der Waals surface area contributed by atoms with E-state index in [-0.39, 0.29) is 17.9 Å². The van der Waals surface area contributed by atoms with Crippen molar-refractivity contribution < 1.29 is 4.79 Å². The van der Waals surface area contributed by atoms with Crippen molar-refractivity contribution in [2.45, 2.75) is 52.0 Å². The van der Waals surface area contributed by atoms with Gasteiger partial charge in [0, 0.05) is 23.7 Å². The van der Waals surface area contributed by atoms with Crippen LogP contribution in [0.2, 0.25) is 5.02 Å². The number of benzene rings is 1. The molecule has 2 atom stereocenters. The maximum Gasteiger partial charge on any atom is 0.223 e. The van der Waals surface area contributed by atoms with Gasteiger partial charge in [-0.3, -0.25) is 9.89 Å². The molecule has 0 spiro atoms. The molecule has 1 aromatic carbocycles. The molecule has 1 fully saturated rings. The van der Waals surface area contributed by atoms with E-state index in [1.54, 1.807) is 0 Å². The Morgan fingerprint density at radius 1 is 1.42 bits per heavy atom. The Labute approximate surface area is 148 Å². The molecule has 2 heterocycles. The lowest BCUT2D eigenvalue weighted by Crippen LogP contribution is -2.31. The molecule has 0 saturated carbocycles. The molecule has 0 aliphatic carbocycles. The van der Waals surface area contributed by atoms with Crippen molar-refractivity contribution in [2.75, 3.05) is 6.54 Å². The molecule has 1 aromatic heterocycles. The predicted octanol–water partition coefficient (Wildman–Crippen LogP) is 4.54. The number of hydrogen-bond acceptors (Lipinski definition) is 2. The second kappa shape index (κ2) is 6.98. The van der Waals surface area contributed by atoms with Crippen LogP contribution in [0, 0.1) is 13.8 Å². The molecule has 4 nitrogen and oxygen atoms in total. The lowest BCUT2D eigenvalue weighted by molar-refractivity contribution is -0.132. The molecule has 1 N–H and O–H groups in total. The van der Waals surface area contributed by atoms with E-state index >= 15 is 0 Å². The van der Waals surface area contributed by atoms with Crippen molar-refractivity contribution in [3.05, 3.63) is 51.8 Å². The van der Waals surface area contributed by atoms with Crippen molar-refractivity contribution in [3.8, 4) is 0 Å². The topological polar surface area (TPSA) is 49.0 Å². The second-order valence-corrected chi connectivity index (χ2v) is 7.13. The molecule has 128 valence electrons. The maximum atomic E-state index is 12.9. The Bertz CT molecular complexity index is 720. The molecular weight excluding hydrogens is 322 g/mol. The highest BCUT2D eigenvalue weighted by Crippen LogP contribution is 2.37. The normalized spacial score (nSPS) is 18.8. The molecule has 1 aliphatic rings. The number of amides is 1. The van der Waals surface area contributed by atoms with Crippen LogP contribution in [0.5, 0.6) is 0 Å². The van der Waals surface area contributed by atoms with Crippen molar-refractivity contribution in [1.82, 2.24) is 15.1 Å². The van der Waals surface area contributed by atoms with Gasteiger partial charge in [-0.05, 0) is 49.8 Å². The average Bonchev–Trinajstić information content (AvgIpc) is 3.14. The minimum atomic E-state index is 0.102. The average molecular weight is 346 g/mol. The number of aromatic nitrogens is 2. The van der Waals surface area contributed by atoms with E-state index in [1.165, 1.54) is 0 Å². The lowest BCUT2D eigenvalue weighted by atomic mass is 9.95. The van der Waals surface area contributed by atoms with E-state index in [0.29, 0.717) is 6.42 Å². The molecule has 5 heteroatoms. The van der Waals surface area contributed by atoms with Crippen LogP contribution in [-0.2, 0) is 4.79 Å². The van der Waals surface area contributed by atoms with Crippen LogP contribution in [-0.4, -0.2) is 27.5 Å². The summed E-state index contributed by atoms with van der Waals surface area (Å²) >= 11 is 6.35. The smallest absolute Gasteiger partial charge is 0.223 e. The number of nitrogens with zero attached hydrogens (tertiary/aromatic N) is 2. The van der Waals surface area contributed by atoms with Gasteiger partial charge < -0.3 is 4.90 Å². The number of carbonyl (C=O) groups is 1. The van der Waals surface area contributed by atoms with Crippen LogP contribution in [0.4, 0.5) is 0 Å². The van der Waals surface area contributed by atoms with Crippen LogP contribution in [0.25, 0.3) is 0 Å². The number of aromatic amines is 1. The van der Waals surface area contributed by atoms with E-state index in [9.17, 15) is 4.79 Å². The minimum absolute atomic E-state index is 0.102. The fourth-order valence-corrected chi connectivity index (χ4v) is 4.16. The van der Waals surface area contributed by atoms with Gasteiger partial charge in [0.1, 0.15) is 0 Å². The molecule has 0 bridgehead atoms. The van der Waals surface area contributed by atoms with Gasteiger partial charge >= 0.3 is 0 Å². The first kappa shape index (κ1) is 17.0. The zero-order chi connectivity index (χ0) is 17.3. The first-order chi connectivity index (χ1) is 11.5. The fourth-order valence-electron chi connectivity index (χ4n) is 3.90. The van der Waals surface area contributed by atoms with Gasteiger partial charge in [-0.2, -0.15) is 5.10 Å². The highest BCUT2D eigenvalue weighted by molar-refractivity contribution is 6.31. The second-order valence-electron chi connectivity index (χ2n) is 6.72. The molecule has 0 radical (unpaired) electrons. The number of hydrogen-bond donors (Lipinski definition) is 1. The third kappa shape index (κ3) is 3.20. The highest BCUT2D eigenvalue weighted by Gasteiger charge is 2.32. The van der Waals surface area contributed by atoms with E-state index in [2.05, 4.69) is 17.1 Å². The summed E-state index contributed by atoms with van der Waals surface area (Å²) in [6.45, 7) is 6.91. The maximum absolute atomic E-state index is 12.9. The predicted molar refractivity (Wildman–Crippen MR) is 96.2 cm³/mol. The summed E-state index contributed by atoms with van der Waals surface area (Å²) in [5.41, 5.74) is 4.26. The monoisotopic (exact) mass is 345 g/mol. The van der Waals surface area contributed by atoms with Crippen molar-refractivity contribution in [1.29, 1.82) is 0 Å². The van der Waals surface area contributed by atoms with Gasteiger partial charge in [0.05, 0.1) is 11.7 Å². The van der Waals surface area contributed by atoms with E-state index in [0.717, 1.165) is 46.9 Å². The van der Waals surface area contributed by atoms with Crippen LogP contribution in [0.15, 0.2) is 24.3 Å². The zero-order valence-electron chi connectivity index (χ0n) is 14.5. The Morgan fingerprint density at radius 2 is 2.17 bits per heavy atom. The molecule has 1 saturated heterocycles. The molecule has 2 aromatic rings. The van der Waals surface area contributed by atoms with Gasteiger partial charge in [0.25, 0.3) is 0 Å². The molecule has 0 unspecified atom stereocenters. The third-order valence-electron chi connectivity index (χ3n) is 5.00. The summed E-state index contributed by atoms with van der Waals surface area (Å²) in [5.74, 6) is 0.355. The standard InChI is InChI=1S/C19H24ClN3O/c1-12(19-13(2)21-22-14(19)3)11-18(24)23-10-6-9-17(23)15-7-4-5-8-16(15)20/h4-5,7-8,12,17H,6,9-11H2,1-3H3,(H,21,22)/t12-,17+/m1/s1. The van der Waals surface area contributed by atoms with Crippen LogP contribution in [0.1, 0.15) is 60.7 Å². The summed E-state index contributed by atoms with van der Waals surface area (Å²) in [6.07, 6.45) is 2.51. The molecule has 24 heavy (non-hydrogen) atoms. The zero-order valence-corrected chi connectivity index (χ0v) is 15.2. The Hall–Kier alpha value is -1.81. The van der Waals surface area contributed by atoms with Crippen molar-refractivity contribution in [2.24, 2.45) is 0 Å². The van der Waals surface area contributed by atoms with Crippen molar-refractivity contribution >= 4 is 17.5 Å². The summed E-state index contributed by atoms with van der Waals surface area (Å²) in [4.78, 5) is 14.9. The van der Waals surface area contributed by atoms with E-state index in [1.807, 2.05) is 43.0 Å². The molecule has 3 rings (SSSR count). The lowest BCUT2D eigenvalue weighted by Gasteiger charge is -2.27. The number of halogens is 1. The van der Waals surface area contributed by atoms with Gasteiger partial charge in [-0.25, -0.2) is 0 Å². The molecule has 1 amide bonds. The summed E-state index contributed by atoms with van der Waals surface area (Å²) < 4.78 is 0. The Morgan fingerprint density at radius 3 is 2.83 bits per heavy atom. The number of aryl methyl sites for hydroxylation is 2. The largest absolute Gasteiger partial charge is 0.336 e. The number of rotatable bonds is 4. The van der Waals surface area contributed by atoms with Gasteiger partial charge in [0.15, 0.2) is 0 Å². The van der Waals surface area contributed by atoms with Crippen LogP contribution in [0.3, 0.4) is 0 Å². The number of likely N-dealkylation sites (tertiary alicyclic amines) is 1. The van der Waals surface area contributed by atoms with Crippen molar-refractivity contribution in [3.63, 3.8) is 0 Å². The first-order valence-corrected chi connectivity index (χ1v) is 8.92. The number of nitrogens with one attached hydrogen (secondary N) is 1. The quantitative estimate of drug-likeness (QED) is 0.884. The van der Waals surface area contributed by atoms with Gasteiger partial charge in [-0.15, -0.1) is 0 Å². The van der Waals surface area contributed by atoms with Gasteiger partial charge in [-0.1, -0.05) is 36.7 Å². The Balaban J connectivity index is 1.76. The molecule has 1 aliphatic heterocycles. The van der Waals surface area contributed by atoms with E-state index in [4.69, 9.17) is 11.6 Å². The molecular formula is C19H24ClN3O. The number of H-pyrrole nitrogens is 1. The summed E-state index contributed by atoms with van der Waals surface area (Å²) in [5, 5.41) is 8.01. The first-order valence-electron chi connectivity index (χ1n) is 8.54. The highest BCUT2D eigenvalue weighted by atomic mass is 35.5. The summed E-state index contributed by atoms with van der Waals surface area (Å²) in [6, 6.07) is 7.96. The minimum Gasteiger partial charge on any atom is -0.336 e. The van der Waals surface area contributed by atoms with Gasteiger partial charge in [0.2, 0.25) is 5.91 Å². The third-order valence-corrected chi connectivity index (χ3v) is 5.34. The summed E-state index contributed by atoms with van der Waals surface area (Å²) in [7, 11) is 0. The van der Waals surface area contributed by atoms with Crippen LogP contribution >= 0.6 is 11.6 Å². The Kier molecular flexibility index (Phi) is 4.95. The van der Waals surface area contributed by atoms with Crippen LogP contribution < -0.4 is 0 Å². The SMILES string of the molecule is Cc1n[nH]c(C)c1[C@H](C)CC(=O)N1CCC[C@H]1c1ccccc1Cl. The number of carbonyl (C=O) groups excluding carboxylic acids is 1. The van der Waals surface area contributed by atoms with E-state index < -0.39 is 0 Å². The fraction of sp³-hybridized carbons (Fsp3) is 0.474.